The summed E-state index contributed by atoms with van der Waals surface area (Å²) in [6, 6.07) is 18.8. The number of anilines is 1. The average Bonchev–Trinajstić information content (AvgIpc) is 3.46. The molecule has 0 saturated heterocycles. The second-order valence-electron chi connectivity index (χ2n) is 7.07. The van der Waals surface area contributed by atoms with E-state index < -0.39 is 0 Å². The van der Waals surface area contributed by atoms with Gasteiger partial charge in [0.2, 0.25) is 5.91 Å². The molecule has 0 saturated carbocycles. The number of aromatic amines is 1. The Kier molecular flexibility index (Phi) is 6.45. The number of carbonyl (C=O) groups is 1. The fourth-order valence-corrected chi connectivity index (χ4v) is 3.51. The Bertz CT molecular complexity index is 1140. The Morgan fingerprint density at radius 1 is 1.16 bits per heavy atom. The third-order valence-electron chi connectivity index (χ3n) is 4.84. The molecule has 31 heavy (non-hydrogen) atoms. The van der Waals surface area contributed by atoms with Gasteiger partial charge in [-0.2, -0.15) is 5.10 Å². The zero-order valence-corrected chi connectivity index (χ0v) is 17.7. The number of ether oxygens (including phenoxy) is 1. The first-order valence-electron chi connectivity index (χ1n) is 9.81. The highest BCUT2D eigenvalue weighted by atomic mass is 35.5. The molecule has 2 aromatic heterocycles. The van der Waals surface area contributed by atoms with Crippen molar-refractivity contribution in [2.75, 3.05) is 12.4 Å². The molecule has 8 heteroatoms. The van der Waals surface area contributed by atoms with Crippen LogP contribution < -0.4 is 5.32 Å². The van der Waals surface area contributed by atoms with Crippen molar-refractivity contribution in [2.45, 2.75) is 19.1 Å². The summed E-state index contributed by atoms with van der Waals surface area (Å²) in [5.41, 5.74) is 2.50. The van der Waals surface area contributed by atoms with Gasteiger partial charge in [-0.25, -0.2) is 4.98 Å². The van der Waals surface area contributed by atoms with Gasteiger partial charge >= 0.3 is 0 Å². The first-order chi connectivity index (χ1) is 15.1. The van der Waals surface area contributed by atoms with E-state index in [-0.39, 0.29) is 18.4 Å². The molecule has 0 unspecified atom stereocenters. The van der Waals surface area contributed by atoms with E-state index in [2.05, 4.69) is 20.5 Å². The molecule has 0 spiro atoms. The number of benzene rings is 2. The zero-order chi connectivity index (χ0) is 21.6. The molecule has 2 heterocycles. The number of H-pyrrole nitrogens is 1. The Morgan fingerprint density at radius 3 is 2.68 bits per heavy atom. The van der Waals surface area contributed by atoms with E-state index in [0.29, 0.717) is 29.0 Å². The molecule has 2 N–H and O–H groups in total. The minimum absolute atomic E-state index is 0.0964. The van der Waals surface area contributed by atoms with E-state index in [1.165, 1.54) is 0 Å². The molecule has 7 nitrogen and oxygen atoms in total. The van der Waals surface area contributed by atoms with Crippen LogP contribution in [0.2, 0.25) is 5.02 Å². The van der Waals surface area contributed by atoms with Crippen LogP contribution >= 0.6 is 11.6 Å². The van der Waals surface area contributed by atoms with Gasteiger partial charge < -0.3 is 14.6 Å². The van der Waals surface area contributed by atoms with Crippen molar-refractivity contribution in [1.82, 2.24) is 19.7 Å². The highest BCUT2D eigenvalue weighted by molar-refractivity contribution is 6.30. The smallest absolute Gasteiger partial charge is 0.226 e. The lowest BCUT2D eigenvalue weighted by Gasteiger charge is -2.19. The van der Waals surface area contributed by atoms with Gasteiger partial charge in [-0.05, 0) is 42.0 Å². The number of hydrogen-bond donors (Lipinski definition) is 2. The third kappa shape index (κ3) is 5.20. The number of aromatic nitrogens is 4. The highest BCUT2D eigenvalue weighted by Crippen LogP contribution is 2.25. The highest BCUT2D eigenvalue weighted by Gasteiger charge is 2.18. The molecule has 0 aliphatic rings. The summed E-state index contributed by atoms with van der Waals surface area (Å²) >= 11 is 6.03. The summed E-state index contributed by atoms with van der Waals surface area (Å²) in [6.45, 7) is 0.356. The molecule has 4 aromatic rings. The third-order valence-corrected chi connectivity index (χ3v) is 5.09. The summed E-state index contributed by atoms with van der Waals surface area (Å²) in [5.74, 6) is 1.10. The van der Waals surface area contributed by atoms with E-state index in [0.717, 1.165) is 11.1 Å². The van der Waals surface area contributed by atoms with Crippen molar-refractivity contribution < 1.29 is 9.53 Å². The van der Waals surface area contributed by atoms with Gasteiger partial charge in [0.15, 0.2) is 11.6 Å². The fourth-order valence-electron chi connectivity index (χ4n) is 3.39. The molecule has 1 atom stereocenters. The van der Waals surface area contributed by atoms with Crippen LogP contribution in [0.3, 0.4) is 0 Å². The maximum absolute atomic E-state index is 12.9. The van der Waals surface area contributed by atoms with Crippen molar-refractivity contribution in [3.05, 3.63) is 89.5 Å². The Labute approximate surface area is 185 Å². The summed E-state index contributed by atoms with van der Waals surface area (Å²) in [4.78, 5) is 17.3. The summed E-state index contributed by atoms with van der Waals surface area (Å²) in [5, 5.41) is 10.7. The van der Waals surface area contributed by atoms with E-state index in [1.807, 2.05) is 77.6 Å². The van der Waals surface area contributed by atoms with Crippen LogP contribution in [0.25, 0.3) is 11.4 Å². The van der Waals surface area contributed by atoms with Crippen LogP contribution in [0.5, 0.6) is 0 Å². The molecule has 1 amide bonds. The van der Waals surface area contributed by atoms with Crippen molar-refractivity contribution in [1.29, 1.82) is 0 Å². The zero-order valence-electron chi connectivity index (χ0n) is 17.0. The predicted octanol–water partition coefficient (Wildman–Crippen LogP) is 4.69. The molecule has 0 radical (unpaired) electrons. The van der Waals surface area contributed by atoms with Crippen molar-refractivity contribution in [2.24, 2.45) is 0 Å². The van der Waals surface area contributed by atoms with Gasteiger partial charge in [-0.3, -0.25) is 9.89 Å². The second kappa shape index (κ2) is 9.59. The first kappa shape index (κ1) is 20.8. The van der Waals surface area contributed by atoms with Crippen LogP contribution in [-0.4, -0.2) is 32.8 Å². The van der Waals surface area contributed by atoms with Crippen LogP contribution in [0.15, 0.2) is 73.1 Å². The maximum Gasteiger partial charge on any atom is 0.226 e. The van der Waals surface area contributed by atoms with Crippen LogP contribution in [0, 0.1) is 0 Å². The Balaban J connectivity index is 1.49. The van der Waals surface area contributed by atoms with Gasteiger partial charge in [-0.15, -0.1) is 0 Å². The monoisotopic (exact) mass is 435 g/mol. The van der Waals surface area contributed by atoms with Gasteiger partial charge in [-0.1, -0.05) is 35.9 Å². The van der Waals surface area contributed by atoms with Crippen molar-refractivity contribution in [3.8, 4) is 11.4 Å². The molecule has 0 bridgehead atoms. The number of rotatable bonds is 8. The molecule has 0 aliphatic carbocycles. The number of nitrogens with zero attached hydrogens (tertiary/aromatic N) is 3. The lowest BCUT2D eigenvalue weighted by molar-refractivity contribution is -0.116. The number of amides is 1. The van der Waals surface area contributed by atoms with E-state index in [4.69, 9.17) is 16.3 Å². The normalized spacial score (nSPS) is 11.9. The van der Waals surface area contributed by atoms with Gasteiger partial charge in [0.25, 0.3) is 0 Å². The quantitative estimate of drug-likeness (QED) is 0.420. The number of carbonyl (C=O) groups excluding carboxylic acids is 1. The number of halogens is 1. The molecule has 0 aliphatic heterocycles. The Hall–Kier alpha value is -3.42. The summed E-state index contributed by atoms with van der Waals surface area (Å²) in [7, 11) is 1.60. The van der Waals surface area contributed by atoms with Crippen LogP contribution in [0.1, 0.15) is 23.9 Å². The van der Waals surface area contributed by atoms with Crippen LogP contribution in [-0.2, 0) is 16.1 Å². The molecular weight excluding hydrogens is 414 g/mol. The van der Waals surface area contributed by atoms with E-state index in [1.54, 1.807) is 7.11 Å². The largest absolute Gasteiger partial charge is 0.377 e. The number of nitrogens with one attached hydrogen (secondary N) is 2. The lowest BCUT2D eigenvalue weighted by Crippen LogP contribution is -2.19. The average molecular weight is 436 g/mol. The van der Waals surface area contributed by atoms with E-state index in [9.17, 15) is 4.79 Å². The number of methoxy groups -OCH3 is 1. The molecule has 2 aromatic carbocycles. The fraction of sp³-hybridized carbons (Fsp3) is 0.174. The minimum Gasteiger partial charge on any atom is -0.377 e. The molecule has 4 rings (SSSR count). The maximum atomic E-state index is 12.9. The second-order valence-corrected chi connectivity index (χ2v) is 7.51. The van der Waals surface area contributed by atoms with E-state index >= 15 is 0 Å². The van der Waals surface area contributed by atoms with Gasteiger partial charge in [0.1, 0.15) is 6.61 Å². The van der Waals surface area contributed by atoms with Gasteiger partial charge in [0.05, 0.1) is 12.5 Å². The standard InChI is InChI=1S/C23H22ClN5O2/c1-31-15-21-26-23(28-27-21)17-5-4-6-19(13-17)25-22(30)14-20(29-11-2-3-12-29)16-7-9-18(24)10-8-16/h2-13,20H,14-15H2,1H3,(H,25,30)(H,26,27,28)/t20-/m0/s1. The minimum atomic E-state index is -0.139. The first-order valence-corrected chi connectivity index (χ1v) is 10.2. The SMILES string of the molecule is COCc1nc(-c2cccc(NC(=O)C[C@@H](c3ccc(Cl)cc3)n3cccc3)c2)n[nH]1. The topological polar surface area (TPSA) is 84.8 Å². The molecular formula is C23H22ClN5O2. The summed E-state index contributed by atoms with van der Waals surface area (Å²) < 4.78 is 7.08. The number of hydrogen-bond acceptors (Lipinski definition) is 4. The lowest BCUT2D eigenvalue weighted by atomic mass is 10.0. The summed E-state index contributed by atoms with van der Waals surface area (Å²) in [6.07, 6.45) is 4.18. The van der Waals surface area contributed by atoms with Crippen molar-refractivity contribution >= 4 is 23.2 Å². The predicted molar refractivity (Wildman–Crippen MR) is 120 cm³/mol. The van der Waals surface area contributed by atoms with Gasteiger partial charge in [0, 0.05) is 35.8 Å². The molecule has 158 valence electrons. The Morgan fingerprint density at radius 2 is 1.94 bits per heavy atom. The molecule has 0 fully saturated rings. The van der Waals surface area contributed by atoms with Crippen molar-refractivity contribution in [3.63, 3.8) is 0 Å². The van der Waals surface area contributed by atoms with Crippen LogP contribution in [0.4, 0.5) is 5.69 Å².